The van der Waals surface area contributed by atoms with Gasteiger partial charge in [0, 0.05) is 72.5 Å². The fourth-order valence-electron chi connectivity index (χ4n) is 13.3. The van der Waals surface area contributed by atoms with Crippen LogP contribution in [0.25, 0.3) is 22.3 Å². The van der Waals surface area contributed by atoms with Crippen LogP contribution < -0.4 is 0 Å². The zero-order valence-electron chi connectivity index (χ0n) is 51.4. The van der Waals surface area contributed by atoms with E-state index in [-0.39, 0.29) is 44.8 Å². The lowest BCUT2D eigenvalue weighted by Crippen LogP contribution is -2.61. The number of aromatic nitrogens is 1. The number of esters is 2. The van der Waals surface area contributed by atoms with Gasteiger partial charge in [0.1, 0.15) is 17.8 Å². The average molecular weight is 1180 g/mol. The zero-order chi connectivity index (χ0) is 60.9. The summed E-state index contributed by atoms with van der Waals surface area (Å²) in [5.41, 5.74) is 1.10. The highest BCUT2D eigenvalue weighted by Crippen LogP contribution is 2.46. The fraction of sp³-hybridized carbons (Fsp3) is 0.698. The number of aliphatic hydroxyl groups excluding tert-OH is 2. The van der Waals surface area contributed by atoms with Crippen molar-refractivity contribution in [2.75, 3.05) is 48.3 Å². The number of methoxy groups -OCH3 is 2. The molecule has 0 radical (unpaired) electrons. The third-order valence-corrected chi connectivity index (χ3v) is 18.1. The second kappa shape index (κ2) is 28.2. The van der Waals surface area contributed by atoms with Crippen LogP contribution in [0.2, 0.25) is 5.02 Å². The SMILES string of the molecule is CC[C@H]1OC(=O)[C@H](C)[C@@H](OC2C[C@@](C)(OC)[C@@H](O)[C@H](C)O2)[C@H](C)[C@@H](OC2O[C@H](C)C[C@H](N(C)C)[C@H]2OC(=O)Cc2c(-c3ccc(Cl)cc3)c(-c3ccccc3)c3n2C[C@@H](C)C3)[C@](C)(O)C[C@@H](C)/C(=N/OCOCCOC)[C@H](C)[C@@H](O)[C@]1(C)O. The topological polar surface area (TPSA) is 228 Å². The van der Waals surface area contributed by atoms with Gasteiger partial charge in [-0.25, -0.2) is 0 Å². The van der Waals surface area contributed by atoms with Crippen LogP contribution >= 0.6 is 11.6 Å². The van der Waals surface area contributed by atoms with Crippen molar-refractivity contribution >= 4 is 29.3 Å². The van der Waals surface area contributed by atoms with Crippen molar-refractivity contribution in [3.05, 3.63) is 71.0 Å². The van der Waals surface area contributed by atoms with Gasteiger partial charge in [0.2, 0.25) is 6.79 Å². The van der Waals surface area contributed by atoms with Crippen LogP contribution in [0.15, 0.2) is 59.8 Å². The number of carbonyl (C=O) groups is 2. The number of oxime groups is 1. The number of halogens is 1. The molecule has 0 amide bonds. The van der Waals surface area contributed by atoms with Crippen molar-refractivity contribution < 1.29 is 77.5 Å². The Hall–Kier alpha value is -4.06. The molecule has 0 spiro atoms. The van der Waals surface area contributed by atoms with Crippen molar-refractivity contribution in [3.8, 4) is 22.3 Å². The first kappa shape index (κ1) is 66.5. The van der Waals surface area contributed by atoms with Crippen molar-refractivity contribution in [3.63, 3.8) is 0 Å². The molecule has 0 aliphatic carbocycles. The van der Waals surface area contributed by atoms with Crippen LogP contribution in [0.3, 0.4) is 0 Å². The molecular weight excluding hydrogens is 1090 g/mol. The number of hydrogen-bond acceptors (Lipinski definition) is 18. The van der Waals surface area contributed by atoms with Gasteiger partial charge in [-0.05, 0) is 110 Å². The van der Waals surface area contributed by atoms with Gasteiger partial charge in [-0.15, -0.1) is 0 Å². The number of hydrogen-bond donors (Lipinski definition) is 4. The lowest BCUT2D eigenvalue weighted by molar-refractivity contribution is -0.318. The Morgan fingerprint density at radius 3 is 2.17 bits per heavy atom. The molecule has 20 heteroatoms. The highest BCUT2D eigenvalue weighted by molar-refractivity contribution is 6.30. The Labute approximate surface area is 496 Å². The summed E-state index contributed by atoms with van der Waals surface area (Å²) in [6.45, 7) is 20.2. The largest absolute Gasteiger partial charge is 0.459 e. The number of nitrogens with zero attached hydrogens (tertiary/aromatic N) is 3. The van der Waals surface area contributed by atoms with Crippen LogP contribution in [0.5, 0.6) is 0 Å². The van der Waals surface area contributed by atoms with E-state index in [1.807, 2.05) is 75.3 Å². The fourth-order valence-corrected chi connectivity index (χ4v) is 13.4. The maximum atomic E-state index is 15.2. The van der Waals surface area contributed by atoms with E-state index in [0.717, 1.165) is 40.1 Å². The molecule has 3 fully saturated rings. The molecule has 2 aromatic carbocycles. The quantitative estimate of drug-likeness (QED) is 0.0410. The summed E-state index contributed by atoms with van der Waals surface area (Å²) in [7, 11) is 6.86. The van der Waals surface area contributed by atoms with Crippen molar-refractivity contribution in [1.82, 2.24) is 9.47 Å². The predicted octanol–water partition coefficient (Wildman–Crippen LogP) is 7.98. The lowest BCUT2D eigenvalue weighted by Gasteiger charge is -2.49. The van der Waals surface area contributed by atoms with Gasteiger partial charge in [-0.1, -0.05) is 93.8 Å². The number of fused-ring (bicyclic) bond motifs is 1. The van der Waals surface area contributed by atoms with Crippen LogP contribution in [0.4, 0.5) is 0 Å². The minimum atomic E-state index is -2.02. The van der Waals surface area contributed by atoms with Gasteiger partial charge < -0.3 is 77.4 Å². The summed E-state index contributed by atoms with van der Waals surface area (Å²) in [6, 6.07) is 17.4. The molecule has 83 heavy (non-hydrogen) atoms. The summed E-state index contributed by atoms with van der Waals surface area (Å²) < 4.78 is 59.2. The minimum absolute atomic E-state index is 0.0481. The molecule has 1 aromatic heterocycles. The molecule has 3 aromatic rings. The molecule has 5 heterocycles. The number of benzene rings is 2. The summed E-state index contributed by atoms with van der Waals surface area (Å²) in [4.78, 5) is 37.8. The van der Waals surface area contributed by atoms with Gasteiger partial charge in [0.25, 0.3) is 0 Å². The average Bonchev–Trinajstić information content (AvgIpc) is 2.05. The third kappa shape index (κ3) is 15.0. The van der Waals surface area contributed by atoms with E-state index in [0.29, 0.717) is 30.5 Å². The van der Waals surface area contributed by atoms with Gasteiger partial charge in [0.15, 0.2) is 18.7 Å². The molecule has 3 saturated heterocycles. The molecule has 19 atom stereocenters. The number of aliphatic hydroxyl groups is 4. The number of rotatable bonds is 18. The smallest absolute Gasteiger partial charge is 0.312 e. The van der Waals surface area contributed by atoms with Crippen molar-refractivity contribution in [2.24, 2.45) is 34.7 Å². The molecule has 464 valence electrons. The number of ether oxygens (including phenoxy) is 9. The number of cyclic esters (lactones) is 1. The highest BCUT2D eigenvalue weighted by Gasteiger charge is 2.54. The van der Waals surface area contributed by atoms with E-state index in [1.54, 1.807) is 55.6 Å². The maximum absolute atomic E-state index is 15.2. The first-order valence-electron chi connectivity index (χ1n) is 29.5. The summed E-state index contributed by atoms with van der Waals surface area (Å²) in [5, 5.41) is 54.3. The molecule has 0 saturated carbocycles. The van der Waals surface area contributed by atoms with E-state index in [1.165, 1.54) is 14.0 Å². The van der Waals surface area contributed by atoms with Crippen LogP contribution in [0.1, 0.15) is 113 Å². The van der Waals surface area contributed by atoms with E-state index >= 15 is 4.79 Å². The molecular formula is C63H94ClN3O16. The summed E-state index contributed by atoms with van der Waals surface area (Å²) in [6.07, 6.45) is -9.71. The molecule has 4 aliphatic heterocycles. The van der Waals surface area contributed by atoms with E-state index < -0.39 is 120 Å². The Morgan fingerprint density at radius 1 is 0.855 bits per heavy atom. The van der Waals surface area contributed by atoms with E-state index in [2.05, 4.69) is 28.8 Å². The molecule has 19 nitrogen and oxygen atoms in total. The predicted molar refractivity (Wildman–Crippen MR) is 313 cm³/mol. The van der Waals surface area contributed by atoms with Gasteiger partial charge in [-0.3, -0.25) is 9.59 Å². The highest BCUT2D eigenvalue weighted by atomic mass is 35.5. The van der Waals surface area contributed by atoms with Crippen LogP contribution in [-0.2, 0) is 76.4 Å². The maximum Gasteiger partial charge on any atom is 0.312 e. The lowest BCUT2D eigenvalue weighted by atomic mass is 9.73. The van der Waals surface area contributed by atoms with Crippen LogP contribution in [0, 0.1) is 29.6 Å². The van der Waals surface area contributed by atoms with E-state index in [4.69, 9.17) is 59.1 Å². The van der Waals surface area contributed by atoms with Crippen molar-refractivity contribution in [2.45, 2.75) is 205 Å². The Kier molecular flexibility index (Phi) is 22.6. The van der Waals surface area contributed by atoms with Gasteiger partial charge in [-0.2, -0.15) is 0 Å². The molecule has 4 aliphatic rings. The number of carbonyl (C=O) groups excluding carboxylic acids is 2. The number of likely N-dealkylation sites (N-methyl/N-ethyl adjacent to an activating group) is 1. The normalized spacial score (nSPS) is 37.0. The zero-order valence-corrected chi connectivity index (χ0v) is 52.2. The van der Waals surface area contributed by atoms with Crippen molar-refractivity contribution in [1.29, 1.82) is 0 Å². The molecule has 0 bridgehead atoms. The molecule has 2 unspecified atom stereocenters. The Bertz CT molecular complexity index is 2630. The minimum Gasteiger partial charge on any atom is -0.459 e. The standard InChI is InChI=1S/C63H94ClN3O16/c1-16-48-63(11,73)56(69)38(5)53(65-77-34-76-27-26-74-14)36(3)31-61(9,72)58(39(6)54(40(7)59(71)80-48)82-50-32-62(10,75-15)57(70)41(8)79-50)83-60-55(47(66(12)13)29-37(4)78-60)81-49(68)30-46-52(43-22-24-44(64)25-23-43)51(42-20-18-17-19-21-42)45-28-35(2)33-67(45)46/h17-25,35-41,47-48,50,54-58,60,69-70,72-73H,16,26-34H2,1-15H3/b65-53-/t35-,36+,37+,38-,39-,40+,41-,47-,48+,50?,54-,55+,56+,57-,58+,60?,61+,62+,63+/m0/s1. The molecule has 7 rings (SSSR count). The third-order valence-electron chi connectivity index (χ3n) is 17.9. The van der Waals surface area contributed by atoms with Crippen LogP contribution in [-0.4, -0.2) is 180 Å². The molecule has 4 N–H and O–H groups in total. The first-order valence-corrected chi connectivity index (χ1v) is 29.9. The monoisotopic (exact) mass is 1180 g/mol. The Balaban J connectivity index is 1.33. The van der Waals surface area contributed by atoms with Gasteiger partial charge >= 0.3 is 11.9 Å². The van der Waals surface area contributed by atoms with E-state index in [9.17, 15) is 25.2 Å². The van der Waals surface area contributed by atoms with Gasteiger partial charge in [0.05, 0.1) is 79.0 Å². The summed E-state index contributed by atoms with van der Waals surface area (Å²) in [5.74, 6) is -4.71. The summed E-state index contributed by atoms with van der Waals surface area (Å²) >= 11 is 6.47. The Morgan fingerprint density at radius 2 is 1.53 bits per heavy atom. The first-order chi connectivity index (χ1) is 39.2. The second-order valence-electron chi connectivity index (χ2n) is 24.8. The second-order valence-corrected chi connectivity index (χ2v) is 25.2.